The van der Waals surface area contributed by atoms with Gasteiger partial charge in [0.1, 0.15) is 6.10 Å². The van der Waals surface area contributed by atoms with E-state index in [2.05, 4.69) is 15.9 Å². The molecule has 1 saturated carbocycles. The molecule has 0 amide bonds. The van der Waals surface area contributed by atoms with Crippen LogP contribution in [0.25, 0.3) is 0 Å². The third kappa shape index (κ3) is 2.55. The molecule has 0 saturated heterocycles. The zero-order chi connectivity index (χ0) is 11.5. The molecule has 2 unspecified atom stereocenters. The van der Waals surface area contributed by atoms with Crippen LogP contribution in [0, 0.1) is 11.7 Å². The maximum absolute atomic E-state index is 13.5. The molecule has 2 rings (SSSR count). The van der Waals surface area contributed by atoms with E-state index < -0.39 is 0 Å². The van der Waals surface area contributed by atoms with Crippen LogP contribution in [0.4, 0.5) is 4.39 Å². The molecule has 0 aromatic heterocycles. The minimum absolute atomic E-state index is 0.0701. The predicted octanol–water partition coefficient (Wildman–Crippen LogP) is 3.09. The van der Waals surface area contributed by atoms with Gasteiger partial charge < -0.3 is 10.5 Å². The van der Waals surface area contributed by atoms with Gasteiger partial charge in [-0.05, 0) is 44.0 Å². The summed E-state index contributed by atoms with van der Waals surface area (Å²) in [6.45, 7) is 0.614. The van der Waals surface area contributed by atoms with E-state index in [0.717, 1.165) is 23.7 Å². The average Bonchev–Trinajstić information content (AvgIpc) is 2.69. The molecule has 16 heavy (non-hydrogen) atoms. The van der Waals surface area contributed by atoms with Gasteiger partial charge in [-0.15, -0.1) is 0 Å². The molecule has 1 aromatic rings. The van der Waals surface area contributed by atoms with Gasteiger partial charge in [0.05, 0.1) is 0 Å². The van der Waals surface area contributed by atoms with Gasteiger partial charge >= 0.3 is 0 Å². The molecule has 0 bridgehead atoms. The van der Waals surface area contributed by atoms with Gasteiger partial charge in [-0.2, -0.15) is 0 Å². The van der Waals surface area contributed by atoms with Gasteiger partial charge in [0.15, 0.2) is 11.6 Å². The van der Waals surface area contributed by atoms with Crippen LogP contribution in [0.5, 0.6) is 5.75 Å². The van der Waals surface area contributed by atoms with E-state index in [-0.39, 0.29) is 11.9 Å². The third-order valence-corrected chi connectivity index (χ3v) is 3.56. The molecule has 88 valence electrons. The Morgan fingerprint density at radius 2 is 2.25 bits per heavy atom. The number of hydrogen-bond acceptors (Lipinski definition) is 2. The zero-order valence-electron chi connectivity index (χ0n) is 8.96. The van der Waals surface area contributed by atoms with Crippen LogP contribution in [0.1, 0.15) is 19.3 Å². The number of hydrogen-bond donors (Lipinski definition) is 1. The summed E-state index contributed by atoms with van der Waals surface area (Å²) in [5.41, 5.74) is 5.66. The van der Waals surface area contributed by atoms with Gasteiger partial charge in [-0.1, -0.05) is 15.9 Å². The smallest absolute Gasteiger partial charge is 0.166 e. The van der Waals surface area contributed by atoms with Crippen LogP contribution in [0.15, 0.2) is 22.7 Å². The first-order chi connectivity index (χ1) is 7.70. The lowest BCUT2D eigenvalue weighted by molar-refractivity contribution is 0.155. The molecule has 2 atom stereocenters. The summed E-state index contributed by atoms with van der Waals surface area (Å²) in [5.74, 6) is 0.369. The van der Waals surface area contributed by atoms with Crippen LogP contribution in [-0.4, -0.2) is 12.6 Å². The summed E-state index contributed by atoms with van der Waals surface area (Å²) in [6, 6.07) is 4.86. The Morgan fingerprint density at radius 1 is 1.44 bits per heavy atom. The molecule has 4 heteroatoms. The quantitative estimate of drug-likeness (QED) is 0.927. The Kier molecular flexibility index (Phi) is 3.82. The van der Waals surface area contributed by atoms with Crippen molar-refractivity contribution in [2.45, 2.75) is 25.4 Å². The van der Waals surface area contributed by atoms with E-state index in [1.54, 1.807) is 12.1 Å². The standard InChI is InChI=1S/C12H15BrFNO/c13-9-4-5-12(10(14)6-9)16-11-3-1-2-8(11)7-15/h4-6,8,11H,1-3,7,15H2. The van der Waals surface area contributed by atoms with E-state index in [0.29, 0.717) is 18.2 Å². The largest absolute Gasteiger partial charge is 0.487 e. The first-order valence-corrected chi connectivity index (χ1v) is 6.32. The monoisotopic (exact) mass is 287 g/mol. The molecule has 1 aliphatic carbocycles. The van der Waals surface area contributed by atoms with E-state index in [4.69, 9.17) is 10.5 Å². The fraction of sp³-hybridized carbons (Fsp3) is 0.500. The number of nitrogens with two attached hydrogens (primary N) is 1. The lowest BCUT2D eigenvalue weighted by Crippen LogP contribution is -2.27. The Bertz CT molecular complexity index is 372. The van der Waals surface area contributed by atoms with E-state index in [9.17, 15) is 4.39 Å². The average molecular weight is 288 g/mol. The first kappa shape index (κ1) is 11.9. The van der Waals surface area contributed by atoms with Crippen LogP contribution in [0.3, 0.4) is 0 Å². The highest BCUT2D eigenvalue weighted by molar-refractivity contribution is 9.10. The Labute approximate surface area is 103 Å². The van der Waals surface area contributed by atoms with Crippen molar-refractivity contribution in [2.24, 2.45) is 11.7 Å². The van der Waals surface area contributed by atoms with E-state index >= 15 is 0 Å². The minimum atomic E-state index is -0.322. The normalized spacial score (nSPS) is 24.7. The fourth-order valence-corrected chi connectivity index (χ4v) is 2.49. The van der Waals surface area contributed by atoms with Crippen molar-refractivity contribution in [1.82, 2.24) is 0 Å². The molecule has 2 nitrogen and oxygen atoms in total. The number of ether oxygens (including phenoxy) is 1. The van der Waals surface area contributed by atoms with Gasteiger partial charge in [0, 0.05) is 10.4 Å². The maximum Gasteiger partial charge on any atom is 0.166 e. The number of benzene rings is 1. The fourth-order valence-electron chi connectivity index (χ4n) is 2.16. The Morgan fingerprint density at radius 3 is 2.94 bits per heavy atom. The second kappa shape index (κ2) is 5.15. The van der Waals surface area contributed by atoms with Crippen molar-refractivity contribution in [1.29, 1.82) is 0 Å². The van der Waals surface area contributed by atoms with E-state index in [1.165, 1.54) is 6.07 Å². The molecule has 0 heterocycles. The van der Waals surface area contributed by atoms with Gasteiger partial charge in [0.2, 0.25) is 0 Å². The zero-order valence-corrected chi connectivity index (χ0v) is 10.5. The third-order valence-electron chi connectivity index (χ3n) is 3.06. The SMILES string of the molecule is NCC1CCCC1Oc1ccc(Br)cc1F. The molecule has 2 N–H and O–H groups in total. The van der Waals surface area contributed by atoms with Crippen LogP contribution >= 0.6 is 15.9 Å². The highest BCUT2D eigenvalue weighted by Crippen LogP contribution is 2.31. The van der Waals surface area contributed by atoms with Crippen LogP contribution < -0.4 is 10.5 Å². The van der Waals surface area contributed by atoms with Crippen molar-refractivity contribution in [2.75, 3.05) is 6.54 Å². The molecule has 1 aromatic carbocycles. The van der Waals surface area contributed by atoms with Gasteiger partial charge in [-0.3, -0.25) is 0 Å². The topological polar surface area (TPSA) is 35.2 Å². The van der Waals surface area contributed by atoms with Gasteiger partial charge in [0.25, 0.3) is 0 Å². The summed E-state index contributed by atoms with van der Waals surface area (Å²) in [5, 5.41) is 0. The van der Waals surface area contributed by atoms with Crippen LogP contribution in [0.2, 0.25) is 0 Å². The molecule has 1 aliphatic rings. The minimum Gasteiger partial charge on any atom is -0.487 e. The van der Waals surface area contributed by atoms with Crippen molar-refractivity contribution in [3.63, 3.8) is 0 Å². The summed E-state index contributed by atoms with van der Waals surface area (Å²) >= 11 is 3.22. The van der Waals surface area contributed by atoms with Crippen molar-refractivity contribution < 1.29 is 9.13 Å². The van der Waals surface area contributed by atoms with Gasteiger partial charge in [-0.25, -0.2) is 4.39 Å². The van der Waals surface area contributed by atoms with Crippen molar-refractivity contribution in [3.05, 3.63) is 28.5 Å². The summed E-state index contributed by atoms with van der Waals surface area (Å²) in [6.07, 6.45) is 3.24. The van der Waals surface area contributed by atoms with E-state index in [1.807, 2.05) is 0 Å². The molecule has 0 aliphatic heterocycles. The summed E-state index contributed by atoms with van der Waals surface area (Å²) in [7, 11) is 0. The highest BCUT2D eigenvalue weighted by atomic mass is 79.9. The summed E-state index contributed by atoms with van der Waals surface area (Å²) in [4.78, 5) is 0. The predicted molar refractivity (Wildman–Crippen MR) is 64.9 cm³/mol. The highest BCUT2D eigenvalue weighted by Gasteiger charge is 2.28. The molecule has 0 spiro atoms. The van der Waals surface area contributed by atoms with Crippen molar-refractivity contribution in [3.8, 4) is 5.75 Å². The Hall–Kier alpha value is -0.610. The number of rotatable bonds is 3. The summed E-state index contributed by atoms with van der Waals surface area (Å²) < 4.78 is 20.0. The molecular formula is C12H15BrFNO. The first-order valence-electron chi connectivity index (χ1n) is 5.52. The lowest BCUT2D eigenvalue weighted by Gasteiger charge is -2.20. The number of halogens is 2. The maximum atomic E-state index is 13.5. The molecule has 0 radical (unpaired) electrons. The Balaban J connectivity index is 2.08. The molecular weight excluding hydrogens is 273 g/mol. The van der Waals surface area contributed by atoms with Crippen LogP contribution in [-0.2, 0) is 0 Å². The second-order valence-corrected chi connectivity index (χ2v) is 5.07. The lowest BCUT2D eigenvalue weighted by atomic mass is 10.1. The molecule has 1 fully saturated rings. The second-order valence-electron chi connectivity index (χ2n) is 4.16. The van der Waals surface area contributed by atoms with Crippen molar-refractivity contribution >= 4 is 15.9 Å².